The van der Waals surface area contributed by atoms with E-state index in [1.54, 1.807) is 16.7 Å². The van der Waals surface area contributed by atoms with Crippen LogP contribution in [0, 0.1) is 11.3 Å². The van der Waals surface area contributed by atoms with Crippen LogP contribution in [0.2, 0.25) is 0 Å². The number of hydrogen-bond donors (Lipinski definition) is 1. The molecule has 2 aromatic rings. The Morgan fingerprint density at radius 1 is 1.35 bits per heavy atom. The highest BCUT2D eigenvalue weighted by atomic mass is 16.3. The molecule has 0 bridgehead atoms. The molecule has 1 aromatic carbocycles. The highest BCUT2D eigenvalue weighted by Crippen LogP contribution is 2.16. The second-order valence-electron chi connectivity index (χ2n) is 3.67. The van der Waals surface area contributed by atoms with Gasteiger partial charge in [-0.1, -0.05) is 24.8 Å². The van der Waals surface area contributed by atoms with Crippen LogP contribution in [0.3, 0.4) is 0 Å². The monoisotopic (exact) mass is 224 g/mol. The number of rotatable bonds is 3. The Balaban J connectivity index is 2.48. The fourth-order valence-electron chi connectivity index (χ4n) is 1.66. The van der Waals surface area contributed by atoms with Crippen molar-refractivity contribution in [2.45, 2.75) is 6.61 Å². The van der Waals surface area contributed by atoms with Crippen LogP contribution in [0.4, 0.5) is 0 Å². The van der Waals surface area contributed by atoms with Crippen molar-refractivity contribution in [1.82, 2.24) is 4.57 Å². The largest absolute Gasteiger partial charge is 0.392 e. The quantitative estimate of drug-likeness (QED) is 0.870. The van der Waals surface area contributed by atoms with Gasteiger partial charge in [-0.2, -0.15) is 5.26 Å². The predicted molar refractivity (Wildman–Crippen MR) is 66.5 cm³/mol. The van der Waals surface area contributed by atoms with Crippen molar-refractivity contribution in [2.75, 3.05) is 0 Å². The maximum atomic E-state index is 9.04. The minimum absolute atomic E-state index is 0.0228. The molecule has 0 aliphatic heterocycles. The van der Waals surface area contributed by atoms with Crippen LogP contribution in [0.1, 0.15) is 16.8 Å². The lowest BCUT2D eigenvalue weighted by atomic mass is 10.2. The van der Waals surface area contributed by atoms with Crippen LogP contribution in [0.25, 0.3) is 11.8 Å². The second-order valence-corrected chi connectivity index (χ2v) is 3.67. The van der Waals surface area contributed by atoms with Crippen molar-refractivity contribution in [3.05, 3.63) is 59.9 Å². The fourth-order valence-corrected chi connectivity index (χ4v) is 1.66. The number of nitrogens with zero attached hydrogens (tertiary/aromatic N) is 2. The normalized spacial score (nSPS) is 9.88. The summed E-state index contributed by atoms with van der Waals surface area (Å²) >= 11 is 0. The lowest BCUT2D eigenvalue weighted by Crippen LogP contribution is -1.95. The Morgan fingerprint density at radius 3 is 2.59 bits per heavy atom. The number of benzene rings is 1. The van der Waals surface area contributed by atoms with Gasteiger partial charge in [-0.15, -0.1) is 0 Å². The lowest BCUT2D eigenvalue weighted by Gasteiger charge is -2.05. The van der Waals surface area contributed by atoms with E-state index in [-0.39, 0.29) is 6.61 Å². The summed E-state index contributed by atoms with van der Waals surface area (Å²) in [6, 6.07) is 11.4. The van der Waals surface area contributed by atoms with E-state index in [1.165, 1.54) is 0 Å². The molecule has 1 heterocycles. The molecule has 0 atom stereocenters. The van der Waals surface area contributed by atoms with Crippen molar-refractivity contribution in [3.8, 4) is 11.8 Å². The van der Waals surface area contributed by atoms with Gasteiger partial charge in [0.1, 0.15) is 11.8 Å². The van der Waals surface area contributed by atoms with Crippen molar-refractivity contribution in [2.24, 2.45) is 0 Å². The highest BCUT2D eigenvalue weighted by molar-refractivity contribution is 5.52. The van der Waals surface area contributed by atoms with Gasteiger partial charge in [0.15, 0.2) is 0 Å². The number of aliphatic hydroxyl groups excluding tert-OH is 1. The van der Waals surface area contributed by atoms with E-state index >= 15 is 0 Å². The van der Waals surface area contributed by atoms with Gasteiger partial charge in [-0.05, 0) is 29.3 Å². The van der Waals surface area contributed by atoms with Crippen molar-refractivity contribution in [3.63, 3.8) is 0 Å². The zero-order valence-electron chi connectivity index (χ0n) is 9.30. The lowest BCUT2D eigenvalue weighted by molar-refractivity contribution is 0.282. The first kappa shape index (κ1) is 11.2. The Kier molecular flexibility index (Phi) is 3.08. The molecule has 0 unspecified atom stereocenters. The molecule has 0 fully saturated rings. The summed E-state index contributed by atoms with van der Waals surface area (Å²) in [7, 11) is 0. The van der Waals surface area contributed by atoms with Crippen LogP contribution >= 0.6 is 0 Å². The van der Waals surface area contributed by atoms with Gasteiger partial charge in [-0.3, -0.25) is 0 Å². The van der Waals surface area contributed by atoms with E-state index in [0.717, 1.165) is 16.8 Å². The van der Waals surface area contributed by atoms with E-state index in [0.29, 0.717) is 5.69 Å². The molecule has 0 saturated heterocycles. The molecular weight excluding hydrogens is 212 g/mol. The van der Waals surface area contributed by atoms with Gasteiger partial charge in [0, 0.05) is 11.9 Å². The second kappa shape index (κ2) is 4.69. The van der Waals surface area contributed by atoms with E-state index < -0.39 is 0 Å². The minimum Gasteiger partial charge on any atom is -0.392 e. The van der Waals surface area contributed by atoms with Crippen molar-refractivity contribution >= 4 is 6.08 Å². The molecule has 3 nitrogen and oxygen atoms in total. The van der Waals surface area contributed by atoms with Crippen molar-refractivity contribution < 1.29 is 5.11 Å². The van der Waals surface area contributed by atoms with Crippen LogP contribution in [-0.2, 0) is 6.61 Å². The first-order valence-electron chi connectivity index (χ1n) is 5.23. The molecule has 1 N–H and O–H groups in total. The molecule has 0 amide bonds. The topological polar surface area (TPSA) is 49.0 Å². The van der Waals surface area contributed by atoms with Gasteiger partial charge in [0.05, 0.1) is 6.61 Å². The summed E-state index contributed by atoms with van der Waals surface area (Å²) in [6.45, 7) is 3.71. The summed E-state index contributed by atoms with van der Waals surface area (Å²) in [6.07, 6.45) is 3.57. The molecule has 17 heavy (non-hydrogen) atoms. The molecule has 0 saturated carbocycles. The van der Waals surface area contributed by atoms with E-state index in [9.17, 15) is 0 Å². The van der Waals surface area contributed by atoms with Gasteiger partial charge in [0.2, 0.25) is 0 Å². The summed E-state index contributed by atoms with van der Waals surface area (Å²) in [4.78, 5) is 0. The van der Waals surface area contributed by atoms with E-state index in [1.807, 2.05) is 30.5 Å². The molecule has 3 heteroatoms. The molecule has 1 aromatic heterocycles. The van der Waals surface area contributed by atoms with Crippen LogP contribution in [-0.4, -0.2) is 9.67 Å². The van der Waals surface area contributed by atoms with Gasteiger partial charge in [-0.25, -0.2) is 0 Å². The summed E-state index contributed by atoms with van der Waals surface area (Å²) < 4.78 is 1.80. The van der Waals surface area contributed by atoms with Gasteiger partial charge >= 0.3 is 0 Å². The molecule has 0 radical (unpaired) electrons. The minimum atomic E-state index is 0.0228. The number of aromatic nitrogens is 1. The summed E-state index contributed by atoms with van der Waals surface area (Å²) in [5, 5.41) is 18.0. The Bertz CT molecular complexity index is 573. The maximum absolute atomic E-state index is 9.04. The average Bonchev–Trinajstić information content (AvgIpc) is 2.82. The van der Waals surface area contributed by atoms with Crippen LogP contribution < -0.4 is 0 Å². The molecule has 84 valence electrons. The zero-order chi connectivity index (χ0) is 12.3. The number of hydrogen-bond acceptors (Lipinski definition) is 2. The third-order valence-electron chi connectivity index (χ3n) is 2.59. The van der Waals surface area contributed by atoms with Crippen LogP contribution in [0.15, 0.2) is 43.1 Å². The maximum Gasteiger partial charge on any atom is 0.125 e. The fraction of sp³-hybridized carbons (Fsp3) is 0.0714. The van der Waals surface area contributed by atoms with Gasteiger partial charge < -0.3 is 9.67 Å². The Labute approximate surface area is 99.9 Å². The average molecular weight is 224 g/mol. The molecule has 2 rings (SSSR count). The molecule has 0 aliphatic rings. The third kappa shape index (κ3) is 2.12. The number of nitriles is 1. The van der Waals surface area contributed by atoms with E-state index in [4.69, 9.17) is 10.4 Å². The predicted octanol–water partition coefficient (Wildman–Crippen LogP) is 2.48. The summed E-state index contributed by atoms with van der Waals surface area (Å²) in [5.41, 5.74) is 3.22. The zero-order valence-corrected chi connectivity index (χ0v) is 9.30. The number of aliphatic hydroxyl groups is 1. The first-order valence-corrected chi connectivity index (χ1v) is 5.23. The first-order chi connectivity index (χ1) is 8.28. The highest BCUT2D eigenvalue weighted by Gasteiger charge is 2.05. The summed E-state index contributed by atoms with van der Waals surface area (Å²) in [5.74, 6) is 0. The van der Waals surface area contributed by atoms with Crippen LogP contribution in [0.5, 0.6) is 0 Å². The third-order valence-corrected chi connectivity index (χ3v) is 2.59. The SMILES string of the molecule is C=Cc1cc(C#N)n(-c2ccc(CO)cc2)c1. The molecular formula is C14H12N2O. The van der Waals surface area contributed by atoms with E-state index in [2.05, 4.69) is 12.6 Å². The van der Waals surface area contributed by atoms with Gasteiger partial charge in [0.25, 0.3) is 0 Å². The molecule has 0 aliphatic carbocycles. The Morgan fingerprint density at radius 2 is 2.06 bits per heavy atom. The standard InChI is InChI=1S/C14H12N2O/c1-2-11-7-14(8-15)16(9-11)13-5-3-12(10-17)4-6-13/h2-7,9,17H,1,10H2. The van der Waals surface area contributed by atoms with Crippen molar-refractivity contribution in [1.29, 1.82) is 5.26 Å². The smallest absolute Gasteiger partial charge is 0.125 e. The molecule has 0 spiro atoms. The Hall–Kier alpha value is -2.31.